The standard InChI is InChI=1S/C19H17BrN4O3S2/c20-15-7-6-13(29(26,27)24-9-3-4-10-24)11-14(15)18(25)23-19-22-17(12-28-19)16-5-1-2-8-21-16/h1-2,5-8,11-12H,3-4,9-10H2,(H,22,23,25). The largest absolute Gasteiger partial charge is 0.298 e. The molecule has 150 valence electrons. The molecule has 0 radical (unpaired) electrons. The Morgan fingerprint density at radius 3 is 2.66 bits per heavy atom. The highest BCUT2D eigenvalue weighted by Crippen LogP contribution is 2.28. The molecular formula is C19H17BrN4O3S2. The van der Waals surface area contributed by atoms with Crippen LogP contribution in [-0.2, 0) is 10.0 Å². The van der Waals surface area contributed by atoms with E-state index in [1.165, 1.54) is 27.8 Å². The van der Waals surface area contributed by atoms with Crippen LogP contribution in [0, 0.1) is 0 Å². The molecule has 7 nitrogen and oxygen atoms in total. The van der Waals surface area contributed by atoms with Gasteiger partial charge in [-0.15, -0.1) is 11.3 Å². The fourth-order valence-electron chi connectivity index (χ4n) is 3.04. The first-order chi connectivity index (χ1) is 13.9. The third-order valence-electron chi connectivity index (χ3n) is 4.54. The SMILES string of the molecule is O=C(Nc1nc(-c2ccccn2)cs1)c1cc(S(=O)(=O)N2CCCC2)ccc1Br. The van der Waals surface area contributed by atoms with Gasteiger partial charge < -0.3 is 0 Å². The maximum absolute atomic E-state index is 12.8. The molecule has 1 aliphatic rings. The number of benzene rings is 1. The van der Waals surface area contributed by atoms with Crippen LogP contribution < -0.4 is 5.32 Å². The van der Waals surface area contributed by atoms with Crippen molar-refractivity contribution in [3.05, 3.63) is 58.0 Å². The van der Waals surface area contributed by atoms with Gasteiger partial charge in [0.05, 0.1) is 16.2 Å². The Hall–Kier alpha value is -2.14. The summed E-state index contributed by atoms with van der Waals surface area (Å²) in [5.41, 5.74) is 1.61. The number of carbonyl (C=O) groups excluding carboxylic acids is 1. The Labute approximate surface area is 181 Å². The molecule has 0 bridgehead atoms. The molecule has 3 aromatic rings. The summed E-state index contributed by atoms with van der Waals surface area (Å²) < 4.78 is 27.6. The summed E-state index contributed by atoms with van der Waals surface area (Å²) in [6.45, 7) is 1.02. The number of aromatic nitrogens is 2. The molecule has 3 heterocycles. The summed E-state index contributed by atoms with van der Waals surface area (Å²) in [4.78, 5) is 21.5. The summed E-state index contributed by atoms with van der Waals surface area (Å²) in [5.74, 6) is -0.433. The third-order valence-corrected chi connectivity index (χ3v) is 7.88. The molecule has 29 heavy (non-hydrogen) atoms. The van der Waals surface area contributed by atoms with Gasteiger partial charge in [0.2, 0.25) is 10.0 Å². The normalized spacial score (nSPS) is 14.8. The highest BCUT2D eigenvalue weighted by Gasteiger charge is 2.28. The van der Waals surface area contributed by atoms with E-state index in [1.54, 1.807) is 17.6 Å². The lowest BCUT2D eigenvalue weighted by atomic mass is 10.2. The maximum atomic E-state index is 12.8. The van der Waals surface area contributed by atoms with Crippen LogP contribution in [0.3, 0.4) is 0 Å². The van der Waals surface area contributed by atoms with Crippen LogP contribution in [0.2, 0.25) is 0 Å². The van der Waals surface area contributed by atoms with Crippen LogP contribution in [0.25, 0.3) is 11.4 Å². The summed E-state index contributed by atoms with van der Waals surface area (Å²) in [6.07, 6.45) is 3.38. The molecule has 1 amide bonds. The van der Waals surface area contributed by atoms with Gasteiger partial charge in [-0.05, 0) is 59.1 Å². The highest BCUT2D eigenvalue weighted by molar-refractivity contribution is 9.10. The number of halogens is 1. The number of hydrogen-bond donors (Lipinski definition) is 1. The summed E-state index contributed by atoms with van der Waals surface area (Å²) in [6, 6.07) is 10.0. The fourth-order valence-corrected chi connectivity index (χ4v) is 5.71. The van der Waals surface area contributed by atoms with Crippen LogP contribution in [0.4, 0.5) is 5.13 Å². The molecule has 10 heteroatoms. The van der Waals surface area contributed by atoms with Gasteiger partial charge >= 0.3 is 0 Å². The lowest BCUT2D eigenvalue weighted by molar-refractivity contribution is 0.102. The molecule has 0 unspecified atom stereocenters. The van der Waals surface area contributed by atoms with Gasteiger partial charge in [0.1, 0.15) is 5.69 Å². The molecule has 4 rings (SSSR count). The van der Waals surface area contributed by atoms with Crippen molar-refractivity contribution in [1.82, 2.24) is 14.3 Å². The smallest absolute Gasteiger partial charge is 0.258 e. The maximum Gasteiger partial charge on any atom is 0.258 e. The fraction of sp³-hybridized carbons (Fsp3) is 0.211. The van der Waals surface area contributed by atoms with E-state index in [0.717, 1.165) is 12.8 Å². The second-order valence-electron chi connectivity index (χ2n) is 6.46. The van der Waals surface area contributed by atoms with Gasteiger partial charge in [-0.1, -0.05) is 6.07 Å². The Kier molecular flexibility index (Phi) is 5.77. The van der Waals surface area contributed by atoms with Gasteiger partial charge in [0, 0.05) is 29.1 Å². The van der Waals surface area contributed by atoms with Gasteiger partial charge in [-0.3, -0.25) is 15.1 Å². The van der Waals surface area contributed by atoms with E-state index in [2.05, 4.69) is 31.2 Å². The molecule has 1 fully saturated rings. The van der Waals surface area contributed by atoms with Crippen molar-refractivity contribution in [2.24, 2.45) is 0 Å². The first kappa shape index (κ1) is 20.1. The van der Waals surface area contributed by atoms with Gasteiger partial charge in [0.25, 0.3) is 5.91 Å². The number of carbonyl (C=O) groups is 1. The minimum Gasteiger partial charge on any atom is -0.298 e. The van der Waals surface area contributed by atoms with Crippen molar-refractivity contribution in [1.29, 1.82) is 0 Å². The van der Waals surface area contributed by atoms with E-state index in [9.17, 15) is 13.2 Å². The van der Waals surface area contributed by atoms with Gasteiger partial charge in [-0.25, -0.2) is 13.4 Å². The van der Waals surface area contributed by atoms with E-state index in [1.807, 2.05) is 18.2 Å². The number of pyridine rings is 1. The van der Waals surface area contributed by atoms with Crippen molar-refractivity contribution in [2.45, 2.75) is 17.7 Å². The quantitative estimate of drug-likeness (QED) is 0.580. The minimum absolute atomic E-state index is 0.112. The predicted octanol–water partition coefficient (Wildman–Crippen LogP) is 4.00. The molecule has 1 aliphatic heterocycles. The molecule has 2 aromatic heterocycles. The number of sulfonamides is 1. The molecule has 0 aliphatic carbocycles. The topological polar surface area (TPSA) is 92.3 Å². The molecule has 1 aromatic carbocycles. The second kappa shape index (κ2) is 8.31. The van der Waals surface area contributed by atoms with Crippen molar-refractivity contribution < 1.29 is 13.2 Å². The number of amides is 1. The number of anilines is 1. The van der Waals surface area contributed by atoms with Gasteiger partial charge in [0.15, 0.2) is 5.13 Å². The van der Waals surface area contributed by atoms with Gasteiger partial charge in [-0.2, -0.15) is 4.31 Å². The highest BCUT2D eigenvalue weighted by atomic mass is 79.9. The summed E-state index contributed by atoms with van der Waals surface area (Å²) in [7, 11) is -3.61. The Morgan fingerprint density at radius 2 is 1.93 bits per heavy atom. The average molecular weight is 493 g/mol. The summed E-state index contributed by atoms with van der Waals surface area (Å²) >= 11 is 4.62. The Bertz CT molecular complexity index is 1140. The van der Waals surface area contributed by atoms with Crippen LogP contribution in [-0.4, -0.2) is 41.7 Å². The van der Waals surface area contributed by atoms with E-state index >= 15 is 0 Å². The zero-order chi connectivity index (χ0) is 20.4. The first-order valence-electron chi connectivity index (χ1n) is 8.93. The lowest BCUT2D eigenvalue weighted by Gasteiger charge is -2.16. The monoisotopic (exact) mass is 492 g/mol. The molecule has 1 saturated heterocycles. The predicted molar refractivity (Wildman–Crippen MR) is 115 cm³/mol. The molecular weight excluding hydrogens is 476 g/mol. The molecule has 0 saturated carbocycles. The van der Waals surface area contributed by atoms with Crippen LogP contribution in [0.1, 0.15) is 23.2 Å². The Morgan fingerprint density at radius 1 is 1.14 bits per heavy atom. The van der Waals surface area contributed by atoms with Crippen molar-refractivity contribution in [2.75, 3.05) is 18.4 Å². The third kappa shape index (κ3) is 4.25. The minimum atomic E-state index is -3.61. The first-order valence-corrected chi connectivity index (χ1v) is 12.0. The average Bonchev–Trinajstić information content (AvgIpc) is 3.41. The van der Waals surface area contributed by atoms with E-state index in [4.69, 9.17) is 0 Å². The number of rotatable bonds is 5. The number of thiazole rings is 1. The molecule has 1 N–H and O–H groups in total. The number of nitrogens with one attached hydrogen (secondary N) is 1. The second-order valence-corrected chi connectivity index (χ2v) is 10.1. The number of hydrogen-bond acceptors (Lipinski definition) is 6. The summed E-state index contributed by atoms with van der Waals surface area (Å²) in [5, 5.41) is 4.96. The van der Waals surface area contributed by atoms with Crippen molar-refractivity contribution in [3.8, 4) is 11.4 Å². The van der Waals surface area contributed by atoms with E-state index in [0.29, 0.717) is 34.1 Å². The van der Waals surface area contributed by atoms with Crippen LogP contribution in [0.5, 0.6) is 0 Å². The van der Waals surface area contributed by atoms with E-state index < -0.39 is 15.9 Å². The number of nitrogens with zero attached hydrogens (tertiary/aromatic N) is 3. The molecule has 0 spiro atoms. The lowest BCUT2D eigenvalue weighted by Crippen LogP contribution is -2.28. The Balaban J connectivity index is 1.57. The van der Waals surface area contributed by atoms with Crippen LogP contribution in [0.15, 0.2) is 57.3 Å². The van der Waals surface area contributed by atoms with Crippen molar-refractivity contribution >= 4 is 48.3 Å². The van der Waals surface area contributed by atoms with Crippen molar-refractivity contribution in [3.63, 3.8) is 0 Å². The van der Waals surface area contributed by atoms with Crippen LogP contribution >= 0.6 is 27.3 Å². The zero-order valence-electron chi connectivity index (χ0n) is 15.2. The molecule has 0 atom stereocenters. The zero-order valence-corrected chi connectivity index (χ0v) is 18.4. The van der Waals surface area contributed by atoms with E-state index in [-0.39, 0.29) is 10.5 Å².